The molecule has 1 aromatic carbocycles. The Morgan fingerprint density at radius 1 is 1.22 bits per heavy atom. The third-order valence-corrected chi connectivity index (χ3v) is 6.68. The van der Waals surface area contributed by atoms with E-state index in [4.69, 9.17) is 4.74 Å². The average molecular weight is 372 g/mol. The third-order valence-electron chi connectivity index (χ3n) is 6.68. The molecular weight excluding hydrogens is 334 g/mol. The summed E-state index contributed by atoms with van der Waals surface area (Å²) in [5.74, 6) is 2.25. The Kier molecular flexibility index (Phi) is 5.90. The average Bonchev–Trinajstić information content (AvgIpc) is 2.59. The first-order chi connectivity index (χ1) is 12.7. The highest BCUT2D eigenvalue weighted by atomic mass is 16.5. The van der Waals surface area contributed by atoms with Gasteiger partial charge in [0.1, 0.15) is 17.1 Å². The molecule has 27 heavy (non-hydrogen) atoms. The molecule has 0 amide bonds. The van der Waals surface area contributed by atoms with Crippen molar-refractivity contribution in [2.45, 2.75) is 78.2 Å². The van der Waals surface area contributed by atoms with Gasteiger partial charge in [0.05, 0.1) is 5.56 Å². The summed E-state index contributed by atoms with van der Waals surface area (Å²) in [4.78, 5) is 2.33. The predicted octanol–water partition coefficient (Wildman–Crippen LogP) is 5.97. The Hall–Kier alpha value is -1.48. The highest BCUT2D eigenvalue weighted by Gasteiger charge is 2.38. The molecule has 0 fully saturated rings. The molecule has 0 bridgehead atoms. The van der Waals surface area contributed by atoms with Gasteiger partial charge in [-0.25, -0.2) is 0 Å². The number of fused-ring (bicyclic) bond motifs is 2. The maximum absolute atomic E-state index is 10.9. The number of aromatic hydroxyl groups is 1. The molecule has 3 heteroatoms. The monoisotopic (exact) mass is 371 g/mol. The van der Waals surface area contributed by atoms with Crippen molar-refractivity contribution in [3.05, 3.63) is 28.8 Å². The van der Waals surface area contributed by atoms with Crippen LogP contribution >= 0.6 is 0 Å². The van der Waals surface area contributed by atoms with Gasteiger partial charge in [0.25, 0.3) is 0 Å². The summed E-state index contributed by atoms with van der Waals surface area (Å²) < 4.78 is 6.44. The molecule has 2 atom stereocenters. The molecule has 0 unspecified atom stereocenters. The number of hydrogen-bond donors (Lipinski definition) is 1. The van der Waals surface area contributed by atoms with Crippen LogP contribution in [0, 0.1) is 5.92 Å². The zero-order valence-corrected chi connectivity index (χ0v) is 18.1. The first-order valence-corrected chi connectivity index (χ1v) is 10.7. The first-order valence-electron chi connectivity index (χ1n) is 10.7. The van der Waals surface area contributed by atoms with Crippen LogP contribution in [-0.2, 0) is 0 Å². The summed E-state index contributed by atoms with van der Waals surface area (Å²) in [5, 5.41) is 10.9. The lowest BCUT2D eigenvalue weighted by molar-refractivity contribution is 0.132. The summed E-state index contributed by atoms with van der Waals surface area (Å²) in [6.45, 7) is 13.1. The van der Waals surface area contributed by atoms with E-state index in [1.165, 1.54) is 42.4 Å². The quantitative estimate of drug-likeness (QED) is 0.625. The Bertz CT molecular complexity index is 719. The molecule has 0 saturated carbocycles. The molecule has 2 aliphatic rings. The number of phenolic OH excluding ortho intramolecular Hbond substituents is 1. The molecular formula is C24H37NO2. The van der Waals surface area contributed by atoms with Crippen molar-refractivity contribution < 1.29 is 9.84 Å². The van der Waals surface area contributed by atoms with Crippen LogP contribution in [0.5, 0.6) is 11.5 Å². The maximum atomic E-state index is 10.9. The van der Waals surface area contributed by atoms with E-state index in [1.54, 1.807) is 0 Å². The van der Waals surface area contributed by atoms with Gasteiger partial charge in [-0.3, -0.25) is 0 Å². The smallest absolute Gasteiger partial charge is 0.132 e. The van der Waals surface area contributed by atoms with Gasteiger partial charge >= 0.3 is 0 Å². The number of phenols is 1. The lowest BCUT2D eigenvalue weighted by Crippen LogP contribution is -2.41. The van der Waals surface area contributed by atoms with Crippen molar-refractivity contribution in [3.63, 3.8) is 0 Å². The standard InChI is InChI=1S/C24H37NO2/c1-7-8-9-10-16(2)17(3)18-13-21(26)23-19-15-25(6)12-11-20(19)24(4,5)27-22(23)14-18/h13-14,16-17,26H,7-12,15H2,1-6H3/t16-,17+/m1/s1. The predicted molar refractivity (Wildman–Crippen MR) is 114 cm³/mol. The van der Waals surface area contributed by atoms with E-state index >= 15 is 0 Å². The lowest BCUT2D eigenvalue weighted by atomic mass is 9.79. The van der Waals surface area contributed by atoms with Gasteiger partial charge in [-0.1, -0.05) is 46.5 Å². The van der Waals surface area contributed by atoms with Crippen LogP contribution in [0.2, 0.25) is 0 Å². The summed E-state index contributed by atoms with van der Waals surface area (Å²) >= 11 is 0. The second-order valence-corrected chi connectivity index (χ2v) is 9.23. The fourth-order valence-electron chi connectivity index (χ4n) is 4.69. The third kappa shape index (κ3) is 4.03. The summed E-state index contributed by atoms with van der Waals surface area (Å²) in [7, 11) is 2.15. The number of rotatable bonds is 6. The second-order valence-electron chi connectivity index (χ2n) is 9.23. The lowest BCUT2D eigenvalue weighted by Gasteiger charge is -2.42. The number of ether oxygens (including phenoxy) is 1. The number of hydrogen-bond acceptors (Lipinski definition) is 3. The number of unbranched alkanes of at least 4 members (excludes halogenated alkanes) is 2. The number of nitrogens with zero attached hydrogens (tertiary/aromatic N) is 1. The molecule has 1 aromatic rings. The fraction of sp³-hybridized carbons (Fsp3) is 0.667. The SMILES string of the molecule is CCCCC[C@@H](C)[C@H](C)c1cc(O)c2c(c1)OC(C)(C)C1=C2CN(C)CC1. The van der Waals surface area contributed by atoms with Crippen molar-refractivity contribution in [2.75, 3.05) is 20.1 Å². The largest absolute Gasteiger partial charge is 0.507 e. The summed E-state index contributed by atoms with van der Waals surface area (Å²) in [6.07, 6.45) is 6.08. The van der Waals surface area contributed by atoms with E-state index in [-0.39, 0.29) is 5.60 Å². The highest BCUT2D eigenvalue weighted by molar-refractivity contribution is 5.82. The van der Waals surface area contributed by atoms with Crippen LogP contribution < -0.4 is 4.74 Å². The highest BCUT2D eigenvalue weighted by Crippen LogP contribution is 2.49. The normalized spacial score (nSPS) is 21.3. The fourth-order valence-corrected chi connectivity index (χ4v) is 4.69. The topological polar surface area (TPSA) is 32.7 Å². The maximum Gasteiger partial charge on any atom is 0.132 e. The minimum Gasteiger partial charge on any atom is -0.507 e. The summed E-state index contributed by atoms with van der Waals surface area (Å²) in [5.41, 5.74) is 4.43. The van der Waals surface area contributed by atoms with Crippen molar-refractivity contribution in [3.8, 4) is 11.5 Å². The molecule has 3 rings (SSSR count). The summed E-state index contributed by atoms with van der Waals surface area (Å²) in [6, 6.07) is 4.18. The molecule has 3 nitrogen and oxygen atoms in total. The van der Waals surface area contributed by atoms with Gasteiger partial charge in [0.2, 0.25) is 0 Å². The van der Waals surface area contributed by atoms with Crippen molar-refractivity contribution in [2.24, 2.45) is 5.92 Å². The van der Waals surface area contributed by atoms with E-state index in [0.29, 0.717) is 17.6 Å². The van der Waals surface area contributed by atoms with Crippen LogP contribution in [0.3, 0.4) is 0 Å². The van der Waals surface area contributed by atoms with E-state index in [2.05, 4.69) is 52.6 Å². The van der Waals surface area contributed by atoms with Crippen LogP contribution in [-0.4, -0.2) is 35.7 Å². The van der Waals surface area contributed by atoms with Gasteiger partial charge in [0.15, 0.2) is 0 Å². The van der Waals surface area contributed by atoms with Gasteiger partial charge < -0.3 is 14.7 Å². The molecule has 0 saturated heterocycles. The minimum absolute atomic E-state index is 0.301. The molecule has 2 aliphatic heterocycles. The minimum atomic E-state index is -0.301. The molecule has 0 radical (unpaired) electrons. The van der Waals surface area contributed by atoms with E-state index in [0.717, 1.165) is 30.8 Å². The van der Waals surface area contributed by atoms with Crippen LogP contribution in [0.15, 0.2) is 17.7 Å². The van der Waals surface area contributed by atoms with Gasteiger partial charge in [-0.15, -0.1) is 0 Å². The van der Waals surface area contributed by atoms with Crippen LogP contribution in [0.1, 0.15) is 83.8 Å². The van der Waals surface area contributed by atoms with Gasteiger partial charge in [0, 0.05) is 13.1 Å². The Morgan fingerprint density at radius 2 is 1.96 bits per heavy atom. The van der Waals surface area contributed by atoms with Crippen molar-refractivity contribution >= 4 is 5.57 Å². The molecule has 150 valence electrons. The van der Waals surface area contributed by atoms with Crippen LogP contribution in [0.25, 0.3) is 5.57 Å². The van der Waals surface area contributed by atoms with E-state index in [1.807, 2.05) is 6.07 Å². The molecule has 0 aliphatic carbocycles. The van der Waals surface area contributed by atoms with Crippen molar-refractivity contribution in [1.82, 2.24) is 4.90 Å². The Labute approximate surface area is 165 Å². The number of benzene rings is 1. The van der Waals surface area contributed by atoms with Crippen molar-refractivity contribution in [1.29, 1.82) is 0 Å². The van der Waals surface area contributed by atoms with E-state index in [9.17, 15) is 5.11 Å². The Balaban J connectivity index is 1.94. The number of likely N-dealkylation sites (N-methyl/N-ethyl adjacent to an activating group) is 1. The van der Waals surface area contributed by atoms with E-state index < -0.39 is 0 Å². The molecule has 2 heterocycles. The Morgan fingerprint density at radius 3 is 2.67 bits per heavy atom. The van der Waals surface area contributed by atoms with Gasteiger partial charge in [-0.2, -0.15) is 0 Å². The molecule has 0 spiro atoms. The zero-order chi connectivity index (χ0) is 19.8. The second kappa shape index (κ2) is 7.87. The zero-order valence-electron chi connectivity index (χ0n) is 18.1. The van der Waals surface area contributed by atoms with Crippen LogP contribution in [0.4, 0.5) is 0 Å². The molecule has 0 aromatic heterocycles. The molecule has 1 N–H and O–H groups in total. The first kappa shape index (κ1) is 20.3. The van der Waals surface area contributed by atoms with Gasteiger partial charge in [-0.05, 0) is 68.0 Å².